The number of carbonyl (C=O) groups is 1. The van der Waals surface area contributed by atoms with Crippen molar-refractivity contribution < 1.29 is 19.7 Å². The first-order valence-electron chi connectivity index (χ1n) is 14.1. The van der Waals surface area contributed by atoms with Crippen molar-refractivity contribution in [2.24, 2.45) is 5.92 Å². The fourth-order valence-corrected chi connectivity index (χ4v) is 5.51. The molecule has 0 bridgehead atoms. The SMILES string of the molecule is C=CCN1C(=O)[C@](O)([C@H](C)/C=C/CCn2cc(C(CO)c3ccccc3)nn2)c2cc(-n3cccc(OC)c3=O)ccc21. The van der Waals surface area contributed by atoms with Crippen LogP contribution in [-0.2, 0) is 16.9 Å². The van der Waals surface area contributed by atoms with E-state index in [1.807, 2.05) is 48.7 Å². The Morgan fingerprint density at radius 1 is 1.12 bits per heavy atom. The van der Waals surface area contributed by atoms with Gasteiger partial charge in [-0.25, -0.2) is 0 Å². The summed E-state index contributed by atoms with van der Waals surface area (Å²) in [6, 6.07) is 18.1. The molecule has 1 amide bonds. The van der Waals surface area contributed by atoms with Crippen molar-refractivity contribution in [3.05, 3.63) is 125 Å². The Kier molecular flexibility index (Phi) is 8.70. The number of nitrogens with zero attached hydrogens (tertiary/aromatic N) is 5. The van der Waals surface area contributed by atoms with Crippen LogP contribution in [0, 0.1) is 5.92 Å². The second-order valence-corrected chi connectivity index (χ2v) is 10.5. The van der Waals surface area contributed by atoms with E-state index in [2.05, 4.69) is 16.9 Å². The maximum absolute atomic E-state index is 13.7. The van der Waals surface area contributed by atoms with Crippen LogP contribution >= 0.6 is 0 Å². The van der Waals surface area contributed by atoms with Crippen LogP contribution in [0.4, 0.5) is 5.69 Å². The number of hydrogen-bond donors (Lipinski definition) is 2. The molecule has 0 saturated carbocycles. The molecule has 2 aromatic carbocycles. The number of allylic oxidation sites excluding steroid dienone is 1. The highest BCUT2D eigenvalue weighted by atomic mass is 16.5. The molecule has 0 saturated heterocycles. The molecule has 43 heavy (non-hydrogen) atoms. The summed E-state index contributed by atoms with van der Waals surface area (Å²) < 4.78 is 8.32. The van der Waals surface area contributed by atoms with Gasteiger partial charge in [0.2, 0.25) is 0 Å². The number of aromatic nitrogens is 4. The van der Waals surface area contributed by atoms with Crippen molar-refractivity contribution in [1.82, 2.24) is 19.6 Å². The third-order valence-corrected chi connectivity index (χ3v) is 7.88. The standard InChI is InChI=1S/C33H35N5O5/c1-4-17-38-29-16-15-25(37-19-10-14-30(43-3)31(37)40)20-27(29)33(42,32(38)41)23(2)11-8-9-18-36-21-28(34-35-36)26(22-39)24-12-6-5-7-13-24/h4-8,10-16,19-21,23,26,39,42H,1,9,17-18,22H2,2-3H3/b11-8+/t23-,26?,33+/m1/s1. The molecule has 2 aromatic heterocycles. The summed E-state index contributed by atoms with van der Waals surface area (Å²) in [7, 11) is 1.43. The zero-order valence-electron chi connectivity index (χ0n) is 24.2. The molecule has 1 unspecified atom stereocenters. The number of rotatable bonds is 12. The molecular weight excluding hydrogens is 546 g/mol. The molecule has 222 valence electrons. The topological polar surface area (TPSA) is 123 Å². The van der Waals surface area contributed by atoms with E-state index in [9.17, 15) is 19.8 Å². The lowest BCUT2D eigenvalue weighted by molar-refractivity contribution is -0.139. The van der Waals surface area contributed by atoms with Crippen molar-refractivity contribution in [2.75, 3.05) is 25.2 Å². The van der Waals surface area contributed by atoms with Gasteiger partial charge >= 0.3 is 0 Å². The van der Waals surface area contributed by atoms with Gasteiger partial charge < -0.3 is 19.8 Å². The maximum atomic E-state index is 13.7. The van der Waals surface area contributed by atoms with Crippen molar-refractivity contribution in [2.45, 2.75) is 31.4 Å². The Morgan fingerprint density at radius 3 is 2.63 bits per heavy atom. The van der Waals surface area contributed by atoms with Crippen molar-refractivity contribution in [1.29, 1.82) is 0 Å². The Labute approximate surface area is 249 Å². The summed E-state index contributed by atoms with van der Waals surface area (Å²) in [4.78, 5) is 28.1. The van der Waals surface area contributed by atoms with Crippen LogP contribution in [0.1, 0.15) is 36.1 Å². The Morgan fingerprint density at radius 2 is 1.91 bits per heavy atom. The number of amides is 1. The fourth-order valence-electron chi connectivity index (χ4n) is 5.51. The summed E-state index contributed by atoms with van der Waals surface area (Å²) in [5.74, 6) is -1.12. The highest BCUT2D eigenvalue weighted by Gasteiger charge is 2.52. The zero-order valence-corrected chi connectivity index (χ0v) is 24.2. The van der Waals surface area contributed by atoms with Gasteiger partial charge in [-0.2, -0.15) is 0 Å². The second-order valence-electron chi connectivity index (χ2n) is 10.5. The molecule has 1 aliphatic heterocycles. The monoisotopic (exact) mass is 581 g/mol. The third kappa shape index (κ3) is 5.54. The number of benzene rings is 2. The number of ether oxygens (including phenoxy) is 1. The van der Waals surface area contributed by atoms with E-state index in [0.717, 1.165) is 5.56 Å². The summed E-state index contributed by atoms with van der Waals surface area (Å²) in [5, 5.41) is 30.4. The van der Waals surface area contributed by atoms with E-state index in [1.54, 1.807) is 54.2 Å². The molecule has 2 N–H and O–H groups in total. The van der Waals surface area contributed by atoms with Crippen LogP contribution in [0.15, 0.2) is 103 Å². The van der Waals surface area contributed by atoms with Gasteiger partial charge in [0.25, 0.3) is 11.5 Å². The van der Waals surface area contributed by atoms with Crippen LogP contribution < -0.4 is 15.2 Å². The zero-order chi connectivity index (χ0) is 30.6. The number of hydrogen-bond acceptors (Lipinski definition) is 7. The number of anilines is 1. The number of aliphatic hydroxyl groups excluding tert-OH is 1. The van der Waals surface area contributed by atoms with Crippen LogP contribution in [0.2, 0.25) is 0 Å². The van der Waals surface area contributed by atoms with Gasteiger partial charge in [-0.1, -0.05) is 60.7 Å². The van der Waals surface area contributed by atoms with Gasteiger partial charge in [-0.15, -0.1) is 11.7 Å². The molecule has 0 spiro atoms. The van der Waals surface area contributed by atoms with E-state index >= 15 is 0 Å². The highest BCUT2D eigenvalue weighted by molar-refractivity contribution is 6.07. The Balaban J connectivity index is 1.36. The minimum atomic E-state index is -1.85. The van der Waals surface area contributed by atoms with Crippen LogP contribution in [0.25, 0.3) is 5.69 Å². The number of pyridine rings is 1. The average molecular weight is 582 g/mol. The van der Waals surface area contributed by atoms with E-state index in [0.29, 0.717) is 35.6 Å². The minimum Gasteiger partial charge on any atom is -0.491 e. The first kappa shape index (κ1) is 29.7. The molecule has 3 heterocycles. The fraction of sp³-hybridized carbons (Fsp3) is 0.273. The lowest BCUT2D eigenvalue weighted by Crippen LogP contribution is -2.44. The molecule has 0 fully saturated rings. The predicted molar refractivity (Wildman–Crippen MR) is 163 cm³/mol. The van der Waals surface area contributed by atoms with Gasteiger partial charge in [-0.3, -0.25) is 18.8 Å². The van der Waals surface area contributed by atoms with Crippen molar-refractivity contribution in [3.63, 3.8) is 0 Å². The number of methoxy groups -OCH3 is 1. The maximum Gasteiger partial charge on any atom is 0.297 e. The van der Waals surface area contributed by atoms with E-state index in [4.69, 9.17) is 4.74 Å². The van der Waals surface area contributed by atoms with E-state index in [-0.39, 0.29) is 30.4 Å². The second kappa shape index (κ2) is 12.6. The summed E-state index contributed by atoms with van der Waals surface area (Å²) in [6.07, 6.45) is 9.36. The first-order valence-corrected chi connectivity index (χ1v) is 14.1. The van der Waals surface area contributed by atoms with Crippen molar-refractivity contribution >= 4 is 11.6 Å². The molecule has 10 nitrogen and oxygen atoms in total. The minimum absolute atomic E-state index is 0.0781. The largest absolute Gasteiger partial charge is 0.491 e. The molecule has 0 radical (unpaired) electrons. The number of fused-ring (bicyclic) bond motifs is 1. The quantitative estimate of drug-likeness (QED) is 0.245. The molecule has 3 atom stereocenters. The van der Waals surface area contributed by atoms with E-state index in [1.165, 1.54) is 16.6 Å². The number of carbonyl (C=O) groups excluding carboxylic acids is 1. The predicted octanol–water partition coefficient (Wildman–Crippen LogP) is 3.56. The molecular formula is C33H35N5O5. The average Bonchev–Trinajstić information content (AvgIpc) is 3.58. The normalized spacial score (nSPS) is 17.7. The smallest absolute Gasteiger partial charge is 0.297 e. The van der Waals surface area contributed by atoms with Crippen molar-refractivity contribution in [3.8, 4) is 11.4 Å². The lowest BCUT2D eigenvalue weighted by atomic mass is 9.82. The van der Waals surface area contributed by atoms with Crippen LogP contribution in [0.5, 0.6) is 5.75 Å². The first-order chi connectivity index (χ1) is 20.8. The van der Waals surface area contributed by atoms with Gasteiger partial charge in [0.15, 0.2) is 11.4 Å². The van der Waals surface area contributed by atoms with E-state index < -0.39 is 17.4 Å². The van der Waals surface area contributed by atoms with Gasteiger partial charge in [0.1, 0.15) is 0 Å². The molecule has 0 aliphatic carbocycles. The molecule has 1 aliphatic rings. The van der Waals surface area contributed by atoms with Crippen LogP contribution in [0.3, 0.4) is 0 Å². The Hall–Kier alpha value is -4.80. The lowest BCUT2D eigenvalue weighted by Gasteiger charge is -2.27. The van der Waals surface area contributed by atoms with Crippen LogP contribution in [-0.4, -0.2) is 55.9 Å². The summed E-state index contributed by atoms with van der Waals surface area (Å²) in [5.41, 5.74) is 0.938. The molecule has 10 heteroatoms. The third-order valence-electron chi connectivity index (χ3n) is 7.88. The Bertz CT molecular complexity index is 1700. The highest BCUT2D eigenvalue weighted by Crippen LogP contribution is 2.46. The van der Waals surface area contributed by atoms with Gasteiger partial charge in [-0.05, 0) is 42.3 Å². The van der Waals surface area contributed by atoms with Gasteiger partial charge in [0, 0.05) is 42.7 Å². The summed E-state index contributed by atoms with van der Waals surface area (Å²) in [6.45, 7) is 6.24. The van der Waals surface area contributed by atoms with Gasteiger partial charge in [0.05, 0.1) is 31.0 Å². The number of aryl methyl sites for hydroxylation is 1. The molecule has 5 rings (SSSR count). The molecule has 4 aromatic rings. The number of aliphatic hydroxyl groups is 2. The summed E-state index contributed by atoms with van der Waals surface area (Å²) >= 11 is 0.